The van der Waals surface area contributed by atoms with Gasteiger partial charge < -0.3 is 15.5 Å². The maximum Gasteiger partial charge on any atom is 0.282 e. The molecular weight excluding hydrogens is 387 g/mol. The Labute approximate surface area is 165 Å². The molecule has 0 bridgehead atoms. The van der Waals surface area contributed by atoms with E-state index in [9.17, 15) is 27.6 Å². The van der Waals surface area contributed by atoms with Gasteiger partial charge in [0.05, 0.1) is 12.7 Å². The van der Waals surface area contributed by atoms with Crippen molar-refractivity contribution in [3.63, 3.8) is 0 Å². The molecule has 6 nitrogen and oxygen atoms in total. The molecule has 154 valence electrons. The van der Waals surface area contributed by atoms with Crippen molar-refractivity contribution >= 4 is 29.0 Å². The van der Waals surface area contributed by atoms with E-state index in [-0.39, 0.29) is 18.2 Å². The van der Waals surface area contributed by atoms with E-state index in [0.717, 1.165) is 6.07 Å². The zero-order chi connectivity index (χ0) is 21.7. The third-order valence-corrected chi connectivity index (χ3v) is 4.44. The summed E-state index contributed by atoms with van der Waals surface area (Å²) >= 11 is 0. The van der Waals surface area contributed by atoms with E-state index in [2.05, 4.69) is 10.6 Å². The molecular formula is C20H21F3N3O3+. The molecule has 0 radical (unpaired) electrons. The summed E-state index contributed by atoms with van der Waals surface area (Å²) in [7, 11) is 1.59. The summed E-state index contributed by atoms with van der Waals surface area (Å²) < 4.78 is 39.8. The van der Waals surface area contributed by atoms with Crippen LogP contribution in [0.2, 0.25) is 0 Å². The monoisotopic (exact) mass is 408 g/mol. The number of hydrogen-bond acceptors (Lipinski definition) is 3. The van der Waals surface area contributed by atoms with Gasteiger partial charge in [-0.1, -0.05) is 0 Å². The maximum absolute atomic E-state index is 13.6. The molecule has 0 aliphatic carbocycles. The number of ketones is 1. The van der Waals surface area contributed by atoms with Crippen LogP contribution in [0.3, 0.4) is 0 Å². The van der Waals surface area contributed by atoms with Gasteiger partial charge in [-0.25, -0.2) is 13.2 Å². The number of nitrogens with one attached hydrogen (secondary N) is 3. The fourth-order valence-corrected chi connectivity index (χ4v) is 2.49. The zero-order valence-electron chi connectivity index (χ0n) is 16.1. The summed E-state index contributed by atoms with van der Waals surface area (Å²) in [4.78, 5) is 36.2. The van der Waals surface area contributed by atoms with Crippen molar-refractivity contribution in [3.8, 4) is 0 Å². The first kappa shape index (κ1) is 22.1. The number of amides is 2. The minimum absolute atomic E-state index is 0.0936. The molecule has 2 amide bonds. The van der Waals surface area contributed by atoms with Gasteiger partial charge in [0, 0.05) is 11.3 Å². The highest BCUT2D eigenvalue weighted by atomic mass is 19.2. The molecule has 0 spiro atoms. The molecule has 3 N–H and O–H groups in total. The average Bonchev–Trinajstić information content (AvgIpc) is 2.68. The van der Waals surface area contributed by atoms with E-state index >= 15 is 0 Å². The van der Waals surface area contributed by atoms with Gasteiger partial charge in [-0.15, -0.1) is 0 Å². The van der Waals surface area contributed by atoms with Crippen LogP contribution >= 0.6 is 0 Å². The number of carbonyl (C=O) groups is 3. The van der Waals surface area contributed by atoms with Crippen LogP contribution in [0.5, 0.6) is 0 Å². The molecule has 0 aliphatic rings. The summed E-state index contributed by atoms with van der Waals surface area (Å²) in [6.07, 6.45) is 0. The molecule has 29 heavy (non-hydrogen) atoms. The number of anilines is 2. The topological polar surface area (TPSA) is 79.7 Å². The van der Waals surface area contributed by atoms with Crippen molar-refractivity contribution < 1.29 is 32.5 Å². The average molecular weight is 408 g/mol. The van der Waals surface area contributed by atoms with Crippen molar-refractivity contribution in [1.82, 2.24) is 0 Å². The van der Waals surface area contributed by atoms with Crippen molar-refractivity contribution in [3.05, 3.63) is 59.4 Å². The van der Waals surface area contributed by atoms with Gasteiger partial charge in [0.1, 0.15) is 0 Å². The van der Waals surface area contributed by atoms with Gasteiger partial charge in [0.25, 0.3) is 11.8 Å². The van der Waals surface area contributed by atoms with Crippen LogP contribution in [0.1, 0.15) is 24.2 Å². The predicted molar refractivity (Wildman–Crippen MR) is 101 cm³/mol. The van der Waals surface area contributed by atoms with Gasteiger partial charge in [-0.2, -0.15) is 0 Å². The molecule has 0 saturated heterocycles. The standard InChI is InChI=1S/C20H20F3N3O3/c1-11(20(29)24-14-6-4-13(5-7-14)12(2)27)26(3)10-17(28)25-16-9-8-15(21)18(22)19(16)23/h4-9,11H,10H2,1-3H3,(H,24,29)(H,25,28)/p+1/t11-/m1/s1. The number of rotatable bonds is 7. The molecule has 2 atom stereocenters. The Bertz CT molecular complexity index is 933. The van der Waals surface area contributed by atoms with Crippen LogP contribution in [-0.2, 0) is 9.59 Å². The molecule has 9 heteroatoms. The van der Waals surface area contributed by atoms with Crippen molar-refractivity contribution in [2.45, 2.75) is 19.9 Å². The highest BCUT2D eigenvalue weighted by Gasteiger charge is 2.25. The lowest BCUT2D eigenvalue weighted by molar-refractivity contribution is -0.885. The van der Waals surface area contributed by atoms with E-state index in [0.29, 0.717) is 22.2 Å². The Morgan fingerprint density at radius 2 is 1.59 bits per heavy atom. The Hall–Kier alpha value is -3.20. The van der Waals surface area contributed by atoms with E-state index in [4.69, 9.17) is 0 Å². The number of likely N-dealkylation sites (N-methyl/N-ethyl adjacent to an activating group) is 1. The fourth-order valence-electron chi connectivity index (χ4n) is 2.49. The van der Waals surface area contributed by atoms with Gasteiger partial charge in [-0.05, 0) is 50.2 Å². The number of quaternary nitrogens is 1. The predicted octanol–water partition coefficient (Wildman–Crippen LogP) is 1.79. The first-order valence-corrected chi connectivity index (χ1v) is 8.77. The molecule has 2 aromatic carbocycles. The van der Waals surface area contributed by atoms with Crippen LogP contribution in [0.4, 0.5) is 24.5 Å². The third kappa shape index (κ3) is 5.64. The minimum Gasteiger partial charge on any atom is -0.321 e. The molecule has 0 heterocycles. The molecule has 0 fully saturated rings. The number of halogens is 3. The van der Waals surface area contributed by atoms with E-state index in [1.54, 1.807) is 38.2 Å². The zero-order valence-corrected chi connectivity index (χ0v) is 16.1. The van der Waals surface area contributed by atoms with Gasteiger partial charge in [0.15, 0.2) is 35.8 Å². The summed E-state index contributed by atoms with van der Waals surface area (Å²) in [6.45, 7) is 2.82. The Kier molecular flexibility index (Phi) is 7.11. The van der Waals surface area contributed by atoms with Gasteiger partial charge in [-0.3, -0.25) is 14.4 Å². The van der Waals surface area contributed by atoms with Crippen LogP contribution in [-0.4, -0.2) is 37.2 Å². The largest absolute Gasteiger partial charge is 0.321 e. The van der Waals surface area contributed by atoms with Gasteiger partial charge in [0.2, 0.25) is 0 Å². The van der Waals surface area contributed by atoms with E-state index in [1.807, 2.05) is 0 Å². The third-order valence-electron chi connectivity index (χ3n) is 4.44. The Balaban J connectivity index is 1.94. The molecule has 2 rings (SSSR count). The normalized spacial score (nSPS) is 12.8. The first-order chi connectivity index (χ1) is 13.6. The molecule has 2 aromatic rings. The summed E-state index contributed by atoms with van der Waals surface area (Å²) in [5.74, 6) is -5.65. The smallest absolute Gasteiger partial charge is 0.282 e. The van der Waals surface area contributed by atoms with Crippen LogP contribution in [0.25, 0.3) is 0 Å². The van der Waals surface area contributed by atoms with E-state index in [1.165, 1.54) is 6.92 Å². The highest BCUT2D eigenvalue weighted by Crippen LogP contribution is 2.19. The number of hydrogen-bond donors (Lipinski definition) is 3. The summed E-state index contributed by atoms with van der Waals surface area (Å²) in [6, 6.07) is 7.33. The van der Waals surface area contributed by atoms with Crippen LogP contribution < -0.4 is 15.5 Å². The van der Waals surface area contributed by atoms with Crippen molar-refractivity contribution in [1.29, 1.82) is 0 Å². The Morgan fingerprint density at radius 3 is 2.17 bits per heavy atom. The number of benzene rings is 2. The lowest BCUT2D eigenvalue weighted by atomic mass is 10.1. The maximum atomic E-state index is 13.6. The van der Waals surface area contributed by atoms with Crippen LogP contribution in [0.15, 0.2) is 36.4 Å². The first-order valence-electron chi connectivity index (χ1n) is 8.77. The summed E-state index contributed by atoms with van der Waals surface area (Å²) in [5, 5.41) is 4.84. The summed E-state index contributed by atoms with van der Waals surface area (Å²) in [5.41, 5.74) is 0.525. The minimum atomic E-state index is -1.67. The fraction of sp³-hybridized carbons (Fsp3) is 0.250. The number of Topliss-reactive ketones (excluding diaryl/α,β-unsaturated/α-hetero) is 1. The molecule has 0 aliphatic heterocycles. The SMILES string of the molecule is CC(=O)c1ccc(NC(=O)[C@@H](C)[NH+](C)CC(=O)Nc2ccc(F)c(F)c2F)cc1. The van der Waals surface area contributed by atoms with Crippen molar-refractivity contribution in [2.24, 2.45) is 0 Å². The second-order valence-electron chi connectivity index (χ2n) is 6.64. The molecule has 0 saturated carbocycles. The lowest BCUT2D eigenvalue weighted by Gasteiger charge is -2.20. The second-order valence-corrected chi connectivity index (χ2v) is 6.64. The molecule has 0 aromatic heterocycles. The molecule has 1 unspecified atom stereocenters. The van der Waals surface area contributed by atoms with Gasteiger partial charge >= 0.3 is 0 Å². The highest BCUT2D eigenvalue weighted by molar-refractivity contribution is 5.97. The lowest BCUT2D eigenvalue weighted by Crippen LogP contribution is -3.14. The quantitative estimate of drug-likeness (QED) is 0.483. The van der Waals surface area contributed by atoms with Crippen molar-refractivity contribution in [2.75, 3.05) is 24.2 Å². The number of carbonyl (C=O) groups excluding carboxylic acids is 3. The van der Waals surface area contributed by atoms with E-state index < -0.39 is 35.1 Å². The van der Waals surface area contributed by atoms with Crippen LogP contribution in [0, 0.1) is 17.5 Å². The Morgan fingerprint density at radius 1 is 0.966 bits per heavy atom. The second kappa shape index (κ2) is 9.33.